The fourth-order valence-electron chi connectivity index (χ4n) is 3.24. The van der Waals surface area contributed by atoms with Gasteiger partial charge in [-0.05, 0) is 37.7 Å². The van der Waals surface area contributed by atoms with Crippen molar-refractivity contribution < 1.29 is 0 Å². The average Bonchev–Trinajstić information content (AvgIpc) is 2.83. The van der Waals surface area contributed by atoms with Crippen LogP contribution in [0.15, 0.2) is 30.3 Å². The summed E-state index contributed by atoms with van der Waals surface area (Å²) in [5, 5.41) is 1.19. The van der Waals surface area contributed by atoms with Crippen LogP contribution in [0.5, 0.6) is 0 Å². The minimum atomic E-state index is -0.0624. The second-order valence-corrected chi connectivity index (χ2v) is 8.50. The van der Waals surface area contributed by atoms with Crippen LogP contribution in [0.1, 0.15) is 61.3 Å². The van der Waals surface area contributed by atoms with Crippen LogP contribution in [0.2, 0.25) is 0 Å². The first-order chi connectivity index (χ1) is 9.79. The van der Waals surface area contributed by atoms with Gasteiger partial charge < -0.3 is 5.73 Å². The topological polar surface area (TPSA) is 38.9 Å². The zero-order valence-electron chi connectivity index (χ0n) is 13.3. The first-order valence-corrected chi connectivity index (χ1v) is 8.42. The van der Waals surface area contributed by atoms with Gasteiger partial charge in [0.05, 0.1) is 5.69 Å². The number of nitrogens with zero attached hydrogens (tertiary/aromatic N) is 1. The summed E-state index contributed by atoms with van der Waals surface area (Å²) in [6, 6.07) is 10.8. The van der Waals surface area contributed by atoms with Crippen LogP contribution in [-0.4, -0.2) is 4.98 Å². The number of thiazole rings is 1. The Kier molecular flexibility index (Phi) is 3.45. The molecule has 1 unspecified atom stereocenters. The summed E-state index contributed by atoms with van der Waals surface area (Å²) in [7, 11) is 0. The predicted molar refractivity (Wildman–Crippen MR) is 89.7 cm³/mol. The Balaban J connectivity index is 2.02. The molecule has 21 heavy (non-hydrogen) atoms. The SMILES string of the molecule is CC1(C)Cc2nc(C(C)(C)c3ccccc3)sc2C(N)C1. The van der Waals surface area contributed by atoms with Crippen molar-refractivity contribution in [1.82, 2.24) is 4.98 Å². The molecule has 1 aromatic heterocycles. The van der Waals surface area contributed by atoms with Crippen LogP contribution in [0.3, 0.4) is 0 Å². The van der Waals surface area contributed by atoms with Crippen molar-refractivity contribution in [3.8, 4) is 0 Å². The molecule has 0 saturated heterocycles. The van der Waals surface area contributed by atoms with Gasteiger partial charge >= 0.3 is 0 Å². The smallest absolute Gasteiger partial charge is 0.103 e. The Morgan fingerprint density at radius 1 is 1.24 bits per heavy atom. The third-order valence-corrected chi connectivity index (χ3v) is 6.07. The fourth-order valence-corrected chi connectivity index (χ4v) is 4.45. The van der Waals surface area contributed by atoms with E-state index in [0.717, 1.165) is 12.8 Å². The van der Waals surface area contributed by atoms with Gasteiger partial charge in [-0.1, -0.05) is 44.2 Å². The van der Waals surface area contributed by atoms with E-state index < -0.39 is 0 Å². The molecule has 2 N–H and O–H groups in total. The molecule has 0 aliphatic heterocycles. The van der Waals surface area contributed by atoms with Gasteiger partial charge in [-0.15, -0.1) is 11.3 Å². The second-order valence-electron chi connectivity index (χ2n) is 7.47. The Hall–Kier alpha value is -1.19. The number of benzene rings is 1. The summed E-state index contributed by atoms with van der Waals surface area (Å²) >= 11 is 1.81. The van der Waals surface area contributed by atoms with E-state index in [4.69, 9.17) is 10.7 Å². The maximum absolute atomic E-state index is 6.39. The molecule has 1 atom stereocenters. The maximum atomic E-state index is 6.39. The number of fused-ring (bicyclic) bond motifs is 1. The normalized spacial score (nSPS) is 21.1. The highest BCUT2D eigenvalue weighted by molar-refractivity contribution is 7.12. The molecular weight excluding hydrogens is 276 g/mol. The van der Waals surface area contributed by atoms with E-state index in [0.29, 0.717) is 0 Å². The number of hydrogen-bond donors (Lipinski definition) is 1. The largest absolute Gasteiger partial charge is 0.323 e. The fraction of sp³-hybridized carbons (Fsp3) is 0.500. The lowest BCUT2D eigenvalue weighted by Gasteiger charge is -2.32. The molecular formula is C18H24N2S. The first kappa shape index (κ1) is 14.7. The summed E-state index contributed by atoms with van der Waals surface area (Å²) in [6.07, 6.45) is 2.09. The standard InChI is InChI=1S/C18H24N2S/c1-17(2)10-13(19)15-14(11-17)20-16(21-15)18(3,4)12-8-6-5-7-9-12/h5-9,13H,10-11,19H2,1-4H3. The monoisotopic (exact) mass is 300 g/mol. The molecule has 3 rings (SSSR count). The third-order valence-electron chi connectivity index (χ3n) is 4.51. The van der Waals surface area contributed by atoms with Gasteiger partial charge in [0.1, 0.15) is 5.01 Å². The Morgan fingerprint density at radius 2 is 1.90 bits per heavy atom. The predicted octanol–water partition coefficient (Wildman–Crippen LogP) is 4.44. The lowest BCUT2D eigenvalue weighted by atomic mass is 9.76. The van der Waals surface area contributed by atoms with Crippen molar-refractivity contribution in [2.75, 3.05) is 0 Å². The quantitative estimate of drug-likeness (QED) is 0.890. The molecule has 1 aliphatic carbocycles. The van der Waals surface area contributed by atoms with E-state index in [-0.39, 0.29) is 16.9 Å². The molecule has 0 amide bonds. The van der Waals surface area contributed by atoms with Gasteiger partial charge in [0, 0.05) is 16.3 Å². The van der Waals surface area contributed by atoms with Gasteiger partial charge in [-0.25, -0.2) is 4.98 Å². The zero-order chi connectivity index (χ0) is 15.3. The summed E-state index contributed by atoms with van der Waals surface area (Å²) in [4.78, 5) is 6.28. The highest BCUT2D eigenvalue weighted by Crippen LogP contribution is 2.44. The zero-order valence-corrected chi connectivity index (χ0v) is 14.1. The molecule has 2 nitrogen and oxygen atoms in total. The summed E-state index contributed by atoms with van der Waals surface area (Å²) in [5.74, 6) is 0. The molecule has 112 valence electrons. The van der Waals surface area contributed by atoms with Gasteiger partial charge in [-0.3, -0.25) is 0 Å². The molecule has 3 heteroatoms. The van der Waals surface area contributed by atoms with Crippen molar-refractivity contribution in [1.29, 1.82) is 0 Å². The van der Waals surface area contributed by atoms with E-state index in [1.807, 2.05) is 11.3 Å². The van der Waals surface area contributed by atoms with Crippen molar-refractivity contribution in [2.45, 2.75) is 52.0 Å². The second kappa shape index (κ2) is 4.92. The van der Waals surface area contributed by atoms with Crippen molar-refractivity contribution in [2.24, 2.45) is 11.1 Å². The van der Waals surface area contributed by atoms with E-state index in [9.17, 15) is 0 Å². The van der Waals surface area contributed by atoms with Gasteiger partial charge in [0.15, 0.2) is 0 Å². The Morgan fingerprint density at radius 3 is 2.57 bits per heavy atom. The molecule has 0 spiro atoms. The number of nitrogens with two attached hydrogens (primary N) is 1. The molecule has 1 aliphatic rings. The lowest BCUT2D eigenvalue weighted by molar-refractivity contribution is 0.282. The van der Waals surface area contributed by atoms with Gasteiger partial charge in [0.2, 0.25) is 0 Å². The lowest BCUT2D eigenvalue weighted by Crippen LogP contribution is -2.28. The number of hydrogen-bond acceptors (Lipinski definition) is 3. The van der Waals surface area contributed by atoms with Crippen LogP contribution in [0, 0.1) is 5.41 Å². The highest BCUT2D eigenvalue weighted by Gasteiger charge is 2.36. The van der Waals surface area contributed by atoms with Crippen LogP contribution in [-0.2, 0) is 11.8 Å². The van der Waals surface area contributed by atoms with E-state index in [2.05, 4.69) is 58.0 Å². The molecule has 0 bridgehead atoms. The summed E-state index contributed by atoms with van der Waals surface area (Å²) in [6.45, 7) is 9.08. The van der Waals surface area contributed by atoms with Crippen LogP contribution < -0.4 is 5.73 Å². The molecule has 1 heterocycles. The van der Waals surface area contributed by atoms with E-state index in [1.54, 1.807) is 0 Å². The minimum Gasteiger partial charge on any atom is -0.323 e. The molecule has 0 saturated carbocycles. The number of aromatic nitrogens is 1. The van der Waals surface area contributed by atoms with Crippen LogP contribution >= 0.6 is 11.3 Å². The van der Waals surface area contributed by atoms with Gasteiger partial charge in [0.25, 0.3) is 0 Å². The Labute approximate surface area is 131 Å². The summed E-state index contributed by atoms with van der Waals surface area (Å²) in [5.41, 5.74) is 9.12. The third kappa shape index (κ3) is 2.65. The van der Waals surface area contributed by atoms with Crippen LogP contribution in [0.25, 0.3) is 0 Å². The molecule has 1 aromatic carbocycles. The minimum absolute atomic E-state index is 0.0624. The van der Waals surface area contributed by atoms with Crippen molar-refractivity contribution >= 4 is 11.3 Å². The average molecular weight is 300 g/mol. The van der Waals surface area contributed by atoms with Gasteiger partial charge in [-0.2, -0.15) is 0 Å². The van der Waals surface area contributed by atoms with Crippen molar-refractivity contribution in [3.05, 3.63) is 51.5 Å². The molecule has 2 aromatic rings. The Bertz CT molecular complexity index is 640. The molecule has 0 radical (unpaired) electrons. The van der Waals surface area contributed by atoms with Crippen molar-refractivity contribution in [3.63, 3.8) is 0 Å². The first-order valence-electron chi connectivity index (χ1n) is 7.61. The van der Waals surface area contributed by atoms with E-state index >= 15 is 0 Å². The van der Waals surface area contributed by atoms with E-state index in [1.165, 1.54) is 21.1 Å². The summed E-state index contributed by atoms with van der Waals surface area (Å²) < 4.78 is 0. The van der Waals surface area contributed by atoms with Crippen LogP contribution in [0.4, 0.5) is 0 Å². The maximum Gasteiger partial charge on any atom is 0.103 e. The number of rotatable bonds is 2. The highest BCUT2D eigenvalue weighted by atomic mass is 32.1. The molecule has 0 fully saturated rings.